The minimum absolute atomic E-state index is 0.104. The zero-order valence-corrected chi connectivity index (χ0v) is 34.4. The second-order valence-corrected chi connectivity index (χ2v) is 16.7. The Labute approximate surface area is 316 Å². The van der Waals surface area contributed by atoms with Crippen LogP contribution in [0, 0.1) is 17.8 Å². The van der Waals surface area contributed by atoms with Gasteiger partial charge in [0.2, 0.25) is 5.91 Å². The minimum atomic E-state index is -1.94. The van der Waals surface area contributed by atoms with E-state index >= 15 is 0 Å². The fourth-order valence-electron chi connectivity index (χ4n) is 8.42. The first-order valence-electron chi connectivity index (χ1n) is 19.1. The van der Waals surface area contributed by atoms with Crippen LogP contribution in [-0.2, 0) is 42.7 Å². The molecular weight excluding hydrogens is 692 g/mol. The molecule has 0 radical (unpaired) electrons. The van der Waals surface area contributed by atoms with Crippen molar-refractivity contribution in [3.63, 3.8) is 0 Å². The van der Waals surface area contributed by atoms with Crippen molar-refractivity contribution in [1.82, 2.24) is 10.2 Å². The molecule has 0 spiro atoms. The highest BCUT2D eigenvalue weighted by atomic mass is 16.7. The summed E-state index contributed by atoms with van der Waals surface area (Å²) in [4.78, 5) is 29.9. The van der Waals surface area contributed by atoms with Crippen LogP contribution in [0.2, 0.25) is 0 Å². The molecule has 0 aromatic carbocycles. The third-order valence-electron chi connectivity index (χ3n) is 12.2. The highest BCUT2D eigenvalue weighted by Crippen LogP contribution is 2.41. The van der Waals surface area contributed by atoms with Crippen LogP contribution in [0.3, 0.4) is 0 Å². The summed E-state index contributed by atoms with van der Waals surface area (Å²) in [5, 5.41) is 48.3. The number of aliphatic hydroxyl groups is 4. The standard InChI is InChI=1S/C38H70N2O13/c1-15-26-38(10,46)30(42)23(6)39-33(44)19(2)17-37(9,48-14)32(53-35-28(41)25(40(11)12)16-20(3)49-35)21(4)29(22(5)34(45)51-26)52-27-18-36(8,47-13)31(43)24(7)50-27/h19-32,35,41-43,46H,15-18H2,1-14H3,(H,39,44)/t19-,20-,21+,22-,23-,24+,25-,26-,27+,28-,29+,30-,31+,32-,35+,36-,37-,38-/m1/s1. The predicted molar refractivity (Wildman–Crippen MR) is 194 cm³/mol. The van der Waals surface area contributed by atoms with Crippen molar-refractivity contribution < 1.29 is 63.2 Å². The van der Waals surface area contributed by atoms with Gasteiger partial charge in [0.1, 0.15) is 30.0 Å². The third-order valence-corrected chi connectivity index (χ3v) is 12.2. The first kappa shape index (κ1) is 45.9. The van der Waals surface area contributed by atoms with E-state index in [-0.39, 0.29) is 31.4 Å². The summed E-state index contributed by atoms with van der Waals surface area (Å²) in [6.45, 7) is 17.0. The molecule has 0 saturated carbocycles. The van der Waals surface area contributed by atoms with E-state index in [0.717, 1.165) is 0 Å². The number of aliphatic hydroxyl groups excluding tert-OH is 3. The van der Waals surface area contributed by atoms with Crippen LogP contribution < -0.4 is 5.32 Å². The number of amides is 1. The number of cyclic esters (lactones) is 1. The maximum absolute atomic E-state index is 14.2. The van der Waals surface area contributed by atoms with Gasteiger partial charge in [0.05, 0.1) is 47.6 Å². The number of rotatable bonds is 8. The number of carbonyl (C=O) groups excluding carboxylic acids is 2. The molecule has 0 aliphatic carbocycles. The van der Waals surface area contributed by atoms with Crippen molar-refractivity contribution in [3.05, 3.63) is 0 Å². The number of ether oxygens (including phenoxy) is 7. The average molecular weight is 763 g/mol. The SMILES string of the molecule is CC[C@H]1OC(=O)[C@H](C)[C@@H](O[C@H]2C[C@@](C)(OC)[C@@H](O)[C@H](C)O2)[C@H](C)[C@@H](O[C@@H]2O[C@H](C)C[C@@H](N(C)C)[C@H]2O)[C@](C)(OC)C[C@@H](C)C(=O)N[C@H](C)[C@@H](O)[C@]1(C)O. The van der Waals surface area contributed by atoms with Gasteiger partial charge in [-0.15, -0.1) is 0 Å². The van der Waals surface area contributed by atoms with Crippen LogP contribution in [0.4, 0.5) is 0 Å². The van der Waals surface area contributed by atoms with Gasteiger partial charge in [0.25, 0.3) is 0 Å². The topological polar surface area (TPSA) is 195 Å². The number of likely N-dealkylation sites (N-methyl/N-ethyl adjacent to an activating group) is 1. The molecule has 3 saturated heterocycles. The number of nitrogens with zero attached hydrogens (tertiary/aromatic N) is 1. The van der Waals surface area contributed by atoms with Crippen LogP contribution in [-0.4, -0.2) is 156 Å². The van der Waals surface area contributed by atoms with Gasteiger partial charge in [-0.1, -0.05) is 20.8 Å². The lowest BCUT2D eigenvalue weighted by atomic mass is 9.77. The summed E-state index contributed by atoms with van der Waals surface area (Å²) in [6, 6.07) is -1.21. The minimum Gasteiger partial charge on any atom is -0.459 e. The molecular formula is C38H70N2O13. The van der Waals surface area contributed by atoms with E-state index in [1.165, 1.54) is 21.1 Å². The fourth-order valence-corrected chi connectivity index (χ4v) is 8.42. The molecule has 3 rings (SSSR count). The highest BCUT2D eigenvalue weighted by molar-refractivity contribution is 5.78. The number of carbonyl (C=O) groups is 2. The molecule has 5 N–H and O–H groups in total. The summed E-state index contributed by atoms with van der Waals surface area (Å²) in [5.41, 5.74) is -4.23. The first-order valence-corrected chi connectivity index (χ1v) is 19.1. The zero-order valence-electron chi connectivity index (χ0n) is 34.4. The lowest BCUT2D eigenvalue weighted by molar-refractivity contribution is -0.319. The number of esters is 1. The van der Waals surface area contributed by atoms with Crippen LogP contribution >= 0.6 is 0 Å². The zero-order chi connectivity index (χ0) is 40.4. The van der Waals surface area contributed by atoms with E-state index in [9.17, 15) is 30.0 Å². The Bertz CT molecular complexity index is 1210. The van der Waals surface area contributed by atoms with E-state index in [1.807, 2.05) is 32.8 Å². The van der Waals surface area contributed by atoms with Crippen LogP contribution in [0.5, 0.6) is 0 Å². The molecule has 0 unspecified atom stereocenters. The Morgan fingerprint density at radius 2 is 1.49 bits per heavy atom. The van der Waals surface area contributed by atoms with E-state index in [0.29, 0.717) is 6.42 Å². The van der Waals surface area contributed by atoms with Crippen LogP contribution in [0.25, 0.3) is 0 Å². The van der Waals surface area contributed by atoms with Gasteiger partial charge < -0.3 is 63.8 Å². The smallest absolute Gasteiger partial charge is 0.311 e. The molecule has 3 heterocycles. The molecule has 310 valence electrons. The Kier molecular flexibility index (Phi) is 15.7. The van der Waals surface area contributed by atoms with Gasteiger partial charge in [-0.25, -0.2) is 0 Å². The molecule has 53 heavy (non-hydrogen) atoms. The lowest BCUT2D eigenvalue weighted by Crippen LogP contribution is -2.61. The normalized spacial score (nSPS) is 48.4. The van der Waals surface area contributed by atoms with Gasteiger partial charge in [-0.3, -0.25) is 9.59 Å². The number of hydrogen-bond donors (Lipinski definition) is 5. The fraction of sp³-hybridized carbons (Fsp3) is 0.947. The number of methoxy groups -OCH3 is 2. The summed E-state index contributed by atoms with van der Waals surface area (Å²) in [5.74, 6) is -3.58. The molecule has 18 atom stereocenters. The Balaban J connectivity index is 2.22. The average Bonchev–Trinajstić information content (AvgIpc) is 3.09. The largest absolute Gasteiger partial charge is 0.459 e. The molecule has 1 amide bonds. The van der Waals surface area contributed by atoms with Crippen molar-refractivity contribution in [3.8, 4) is 0 Å². The van der Waals surface area contributed by atoms with Gasteiger partial charge in [0.15, 0.2) is 12.6 Å². The molecule has 3 aliphatic rings. The summed E-state index contributed by atoms with van der Waals surface area (Å²) < 4.78 is 43.9. The highest BCUT2D eigenvalue weighted by Gasteiger charge is 2.53. The maximum Gasteiger partial charge on any atom is 0.311 e. The van der Waals surface area contributed by atoms with Gasteiger partial charge >= 0.3 is 5.97 Å². The number of hydrogen-bond acceptors (Lipinski definition) is 14. The van der Waals surface area contributed by atoms with Crippen molar-refractivity contribution in [1.29, 1.82) is 0 Å². The quantitative estimate of drug-likeness (QED) is 0.225. The van der Waals surface area contributed by atoms with Gasteiger partial charge in [-0.2, -0.15) is 0 Å². The molecule has 15 heteroatoms. The molecule has 0 aromatic heterocycles. The predicted octanol–water partition coefficient (Wildman–Crippen LogP) is 1.74. The summed E-state index contributed by atoms with van der Waals surface area (Å²) in [7, 11) is 6.76. The van der Waals surface area contributed by atoms with Crippen LogP contribution in [0.1, 0.15) is 94.9 Å². The summed E-state index contributed by atoms with van der Waals surface area (Å²) >= 11 is 0. The van der Waals surface area contributed by atoms with Crippen molar-refractivity contribution in [2.24, 2.45) is 17.8 Å². The van der Waals surface area contributed by atoms with Crippen molar-refractivity contribution >= 4 is 11.9 Å². The van der Waals surface area contributed by atoms with Crippen molar-refractivity contribution in [2.45, 2.75) is 185 Å². The monoisotopic (exact) mass is 762 g/mol. The molecule has 0 aromatic rings. The lowest BCUT2D eigenvalue weighted by Gasteiger charge is -2.49. The van der Waals surface area contributed by atoms with Gasteiger partial charge in [-0.05, 0) is 81.8 Å². The molecule has 3 fully saturated rings. The third kappa shape index (κ3) is 10.1. The van der Waals surface area contributed by atoms with E-state index in [1.54, 1.807) is 48.5 Å². The van der Waals surface area contributed by atoms with Crippen molar-refractivity contribution in [2.75, 3.05) is 28.3 Å². The second kappa shape index (κ2) is 18.2. The van der Waals surface area contributed by atoms with E-state index < -0.39 is 108 Å². The molecule has 15 nitrogen and oxygen atoms in total. The first-order chi connectivity index (χ1) is 24.5. The second-order valence-electron chi connectivity index (χ2n) is 16.7. The van der Waals surface area contributed by atoms with Gasteiger partial charge in [0, 0.05) is 38.5 Å². The van der Waals surface area contributed by atoms with E-state index in [2.05, 4.69) is 5.32 Å². The maximum atomic E-state index is 14.2. The Hall–Kier alpha value is -1.50. The molecule has 3 aliphatic heterocycles. The van der Waals surface area contributed by atoms with Crippen LogP contribution in [0.15, 0.2) is 0 Å². The Morgan fingerprint density at radius 3 is 2.04 bits per heavy atom. The summed E-state index contributed by atoms with van der Waals surface area (Å²) in [6.07, 6.45) is -8.77. The van der Waals surface area contributed by atoms with E-state index in [4.69, 9.17) is 33.2 Å². The Morgan fingerprint density at radius 1 is 0.887 bits per heavy atom. The molecule has 0 bridgehead atoms. The number of nitrogens with one attached hydrogen (secondary N) is 1.